The van der Waals surface area contributed by atoms with E-state index in [1.165, 1.54) is 24.5 Å². The van der Waals surface area contributed by atoms with E-state index in [0.717, 1.165) is 22.6 Å². The molecule has 1 amide bonds. The number of fused-ring (bicyclic) bond motifs is 6. The van der Waals surface area contributed by atoms with Gasteiger partial charge in [0, 0.05) is 58.7 Å². The lowest BCUT2D eigenvalue weighted by molar-refractivity contribution is -0.172. The summed E-state index contributed by atoms with van der Waals surface area (Å²) in [5.41, 5.74) is 1.38. The fourth-order valence-corrected chi connectivity index (χ4v) is 9.17. The maximum atomic E-state index is 16.0. The Bertz CT molecular complexity index is 2940. The summed E-state index contributed by atoms with van der Waals surface area (Å²) in [6, 6.07) is 12.0. The summed E-state index contributed by atoms with van der Waals surface area (Å²) < 4.78 is 43.7. The molecule has 6 heterocycles. The largest absolute Gasteiger partial charge is 0.507 e. The van der Waals surface area contributed by atoms with Crippen molar-refractivity contribution >= 4 is 51.1 Å². The number of benzene rings is 3. The van der Waals surface area contributed by atoms with Crippen molar-refractivity contribution in [2.24, 2.45) is 0 Å². The van der Waals surface area contributed by atoms with Crippen molar-refractivity contribution in [1.82, 2.24) is 24.4 Å². The molecule has 2 atom stereocenters. The number of carbonyl (C=O) groups excluding carboxylic acids is 2. The topological polar surface area (TPSA) is 160 Å². The zero-order chi connectivity index (χ0) is 43.1. The third-order valence-corrected chi connectivity index (χ3v) is 12.4. The first-order chi connectivity index (χ1) is 29.2. The second-order valence-electron chi connectivity index (χ2n) is 15.5. The molecule has 2 N–H and O–H groups in total. The second-order valence-corrected chi connectivity index (χ2v) is 15.9. The third kappa shape index (κ3) is 6.28. The van der Waals surface area contributed by atoms with Gasteiger partial charge in [0.2, 0.25) is 0 Å². The third-order valence-electron chi connectivity index (χ3n) is 12.1. The van der Waals surface area contributed by atoms with Crippen molar-refractivity contribution in [2.45, 2.75) is 58.4 Å². The fourth-order valence-electron chi connectivity index (χ4n) is 8.88. The van der Waals surface area contributed by atoms with Crippen LogP contribution >= 0.6 is 11.6 Å². The second kappa shape index (κ2) is 14.9. The summed E-state index contributed by atoms with van der Waals surface area (Å²) >= 11 is 6.53. The van der Waals surface area contributed by atoms with Gasteiger partial charge in [-0.3, -0.25) is 9.59 Å². The predicted molar refractivity (Wildman–Crippen MR) is 223 cm³/mol. The monoisotopic (exact) mass is 848 g/mol. The number of phenolic OH excluding ortho intramolecular Hbond substituents is 1. The number of aliphatic hydroxyl groups is 1. The molecular weight excluding hydrogens is 810 g/mol. The standard InChI is InChI=1S/C45H39ClF2N6O7/c1-5-25-26-14-24(10-11-33(26)51-39-28(25)18-54-34(39)16-30-29(43(54)57)20-61-44(58)45(30,59)6-2)60-19-22(3)42(56)52-12-13-53(23(4)17-52)41-27-15-31(46)36(38(48)40(27)49-21-50-41)37-32(47)8-7-9-35(37)55/h7-11,14-16,21,23,55,59H,3,5-6,12-13,17-20H2,1-2,4H3/t23-,45-/m0/s1. The van der Waals surface area contributed by atoms with Gasteiger partial charge in [0.25, 0.3) is 11.5 Å². The van der Waals surface area contributed by atoms with E-state index in [0.29, 0.717) is 59.9 Å². The minimum absolute atomic E-state index is 0.0497. The van der Waals surface area contributed by atoms with E-state index in [2.05, 4.69) is 16.5 Å². The minimum atomic E-state index is -1.92. The van der Waals surface area contributed by atoms with E-state index in [1.807, 2.05) is 30.9 Å². The first-order valence-electron chi connectivity index (χ1n) is 19.8. The molecule has 0 unspecified atom stereocenters. The van der Waals surface area contributed by atoms with E-state index in [9.17, 15) is 29.0 Å². The first-order valence-corrected chi connectivity index (χ1v) is 20.2. The van der Waals surface area contributed by atoms with Gasteiger partial charge in [-0.2, -0.15) is 0 Å². The summed E-state index contributed by atoms with van der Waals surface area (Å²) in [6.45, 7) is 10.5. The van der Waals surface area contributed by atoms with Crippen molar-refractivity contribution in [3.8, 4) is 34.0 Å². The first kappa shape index (κ1) is 40.0. The van der Waals surface area contributed by atoms with E-state index >= 15 is 4.39 Å². The highest BCUT2D eigenvalue weighted by Crippen LogP contribution is 2.43. The van der Waals surface area contributed by atoms with Gasteiger partial charge in [-0.25, -0.2) is 28.5 Å². The number of nitrogens with zero attached hydrogens (tertiary/aromatic N) is 6. The van der Waals surface area contributed by atoms with Crippen LogP contribution in [-0.4, -0.2) is 78.8 Å². The molecule has 3 aromatic carbocycles. The smallest absolute Gasteiger partial charge is 0.343 e. The Balaban J connectivity index is 0.908. The lowest BCUT2D eigenvalue weighted by Gasteiger charge is -2.41. The van der Waals surface area contributed by atoms with E-state index in [-0.39, 0.29) is 82.1 Å². The minimum Gasteiger partial charge on any atom is -0.507 e. The normalized spacial score (nSPS) is 18.2. The Labute approximate surface area is 352 Å². The van der Waals surface area contributed by atoms with Crippen LogP contribution < -0.4 is 15.2 Å². The number of anilines is 1. The van der Waals surface area contributed by atoms with Crippen LogP contribution in [0.25, 0.3) is 44.3 Å². The van der Waals surface area contributed by atoms with Crippen LogP contribution in [-0.2, 0) is 39.5 Å². The summed E-state index contributed by atoms with van der Waals surface area (Å²) in [5, 5.41) is 22.6. The Morgan fingerprint density at radius 1 is 1.07 bits per heavy atom. The maximum absolute atomic E-state index is 16.0. The molecule has 312 valence electrons. The number of piperazine rings is 1. The number of aromatic hydroxyl groups is 1. The SMILES string of the molecule is C=C(COc1ccc2nc3c(c(CC)c2c1)Cn1c-3cc2c(c1=O)COC(=O)[C@]2(O)CC)C(=O)N1CCN(c2ncnc3c(F)c(-c4c(O)cccc4F)c(Cl)cc23)[C@@H](C)C1. The number of ether oxygens (including phenoxy) is 2. The molecule has 0 aliphatic carbocycles. The molecular formula is C45H39ClF2N6O7. The van der Waals surface area contributed by atoms with E-state index in [1.54, 1.807) is 28.5 Å². The van der Waals surface area contributed by atoms with Crippen molar-refractivity contribution in [3.05, 3.63) is 116 Å². The quantitative estimate of drug-likeness (QED) is 0.126. The molecule has 6 aromatic rings. The van der Waals surface area contributed by atoms with Gasteiger partial charge < -0.3 is 34.1 Å². The number of esters is 1. The highest BCUT2D eigenvalue weighted by atomic mass is 35.5. The van der Waals surface area contributed by atoms with Crippen LogP contribution in [0.4, 0.5) is 14.6 Å². The number of hydrogen-bond acceptors (Lipinski definition) is 11. The zero-order valence-electron chi connectivity index (χ0n) is 33.4. The molecule has 3 aliphatic rings. The van der Waals surface area contributed by atoms with Gasteiger partial charge in [-0.1, -0.05) is 38.1 Å². The molecule has 1 saturated heterocycles. The lowest BCUT2D eigenvalue weighted by atomic mass is 9.86. The fraction of sp³-hybridized carbons (Fsp3) is 0.289. The number of hydrogen-bond donors (Lipinski definition) is 2. The zero-order valence-corrected chi connectivity index (χ0v) is 34.1. The van der Waals surface area contributed by atoms with Crippen LogP contribution in [0, 0.1) is 11.6 Å². The molecule has 0 spiro atoms. The number of aryl methyl sites for hydroxylation is 1. The molecule has 0 radical (unpaired) electrons. The number of cyclic esters (lactones) is 1. The van der Waals surface area contributed by atoms with Crippen molar-refractivity contribution in [2.75, 3.05) is 31.1 Å². The van der Waals surface area contributed by atoms with Crippen molar-refractivity contribution < 1.29 is 38.1 Å². The van der Waals surface area contributed by atoms with Crippen molar-refractivity contribution in [1.29, 1.82) is 0 Å². The molecule has 3 aromatic heterocycles. The highest BCUT2D eigenvalue weighted by Gasteiger charge is 2.45. The van der Waals surface area contributed by atoms with Gasteiger partial charge in [0.15, 0.2) is 11.4 Å². The molecule has 9 rings (SSSR count). The van der Waals surface area contributed by atoms with Crippen LogP contribution in [0.1, 0.15) is 49.4 Å². The van der Waals surface area contributed by atoms with Gasteiger partial charge in [0.05, 0.1) is 39.6 Å². The molecule has 61 heavy (non-hydrogen) atoms. The number of halogens is 3. The molecule has 16 heteroatoms. The summed E-state index contributed by atoms with van der Waals surface area (Å²) in [5.74, 6) is -2.37. The summed E-state index contributed by atoms with van der Waals surface area (Å²) in [4.78, 5) is 57.1. The number of amides is 1. The Morgan fingerprint density at radius 2 is 1.87 bits per heavy atom. The average Bonchev–Trinajstić information content (AvgIpc) is 3.62. The Kier molecular flexibility index (Phi) is 9.78. The van der Waals surface area contributed by atoms with E-state index < -0.39 is 29.0 Å². The number of phenols is 1. The number of carbonyl (C=O) groups is 2. The van der Waals surface area contributed by atoms with Crippen LogP contribution in [0.3, 0.4) is 0 Å². The Hall–Kier alpha value is -6.45. The number of pyridine rings is 2. The van der Waals surface area contributed by atoms with Gasteiger partial charge in [0.1, 0.15) is 48.2 Å². The molecule has 1 fully saturated rings. The molecule has 0 bridgehead atoms. The van der Waals surface area contributed by atoms with Crippen LogP contribution in [0.5, 0.6) is 11.5 Å². The Morgan fingerprint density at radius 3 is 2.61 bits per heavy atom. The van der Waals surface area contributed by atoms with Crippen LogP contribution in [0.2, 0.25) is 5.02 Å². The molecule has 0 saturated carbocycles. The van der Waals surface area contributed by atoms with Gasteiger partial charge >= 0.3 is 5.97 Å². The average molecular weight is 849 g/mol. The summed E-state index contributed by atoms with van der Waals surface area (Å²) in [6.07, 6.45) is 1.88. The number of aromatic nitrogens is 4. The number of rotatable bonds is 8. The van der Waals surface area contributed by atoms with Gasteiger partial charge in [-0.05, 0) is 67.8 Å². The lowest BCUT2D eigenvalue weighted by Crippen LogP contribution is -2.54. The van der Waals surface area contributed by atoms with Gasteiger partial charge in [-0.15, -0.1) is 0 Å². The van der Waals surface area contributed by atoms with E-state index in [4.69, 9.17) is 26.1 Å². The van der Waals surface area contributed by atoms with Crippen LogP contribution in [0.15, 0.2) is 71.8 Å². The summed E-state index contributed by atoms with van der Waals surface area (Å²) in [7, 11) is 0. The predicted octanol–water partition coefficient (Wildman–Crippen LogP) is 6.56. The van der Waals surface area contributed by atoms with Crippen molar-refractivity contribution in [3.63, 3.8) is 0 Å². The highest BCUT2D eigenvalue weighted by molar-refractivity contribution is 6.34. The maximum Gasteiger partial charge on any atom is 0.343 e. The molecule has 3 aliphatic heterocycles. The molecule has 13 nitrogen and oxygen atoms in total.